The molecule has 0 aliphatic heterocycles. The fraction of sp³-hybridized carbons (Fsp3) is 0.125. The van der Waals surface area contributed by atoms with Crippen molar-refractivity contribution in [2.75, 3.05) is 0 Å². The van der Waals surface area contributed by atoms with Gasteiger partial charge in [0.25, 0.3) is 5.89 Å². The summed E-state index contributed by atoms with van der Waals surface area (Å²) in [6.07, 6.45) is 3.52. The second-order valence-electron chi connectivity index (χ2n) is 4.63. The monoisotopic (exact) mass is 282 g/mol. The van der Waals surface area contributed by atoms with Gasteiger partial charge in [0.2, 0.25) is 0 Å². The fourth-order valence-electron chi connectivity index (χ4n) is 1.98. The van der Waals surface area contributed by atoms with Crippen LogP contribution in [0.4, 0.5) is 0 Å². The Labute approximate surface area is 121 Å². The Morgan fingerprint density at radius 3 is 2.75 bits per heavy atom. The Kier molecular flexibility index (Phi) is 3.48. The molecule has 0 saturated carbocycles. The molecule has 1 aromatic carbocycles. The second-order valence-corrected chi connectivity index (χ2v) is 5.57. The van der Waals surface area contributed by atoms with Crippen LogP contribution in [-0.2, 0) is 0 Å². The zero-order valence-corrected chi connectivity index (χ0v) is 12.1. The zero-order chi connectivity index (χ0) is 13.9. The molecule has 0 atom stereocenters. The molecule has 20 heavy (non-hydrogen) atoms. The van der Waals surface area contributed by atoms with Crippen LogP contribution < -0.4 is 0 Å². The van der Waals surface area contributed by atoms with E-state index >= 15 is 0 Å². The molecule has 3 rings (SSSR count). The largest absolute Gasteiger partial charge is 0.334 e. The van der Waals surface area contributed by atoms with Crippen LogP contribution in [0.5, 0.6) is 0 Å². The van der Waals surface area contributed by atoms with E-state index in [4.69, 9.17) is 4.52 Å². The van der Waals surface area contributed by atoms with Crippen LogP contribution in [0.25, 0.3) is 11.6 Å². The first-order chi connectivity index (χ1) is 9.74. The normalized spacial score (nSPS) is 11.8. The third kappa shape index (κ3) is 2.56. The Bertz CT molecular complexity index is 692. The van der Waals surface area contributed by atoms with Crippen molar-refractivity contribution in [2.24, 2.45) is 0 Å². The van der Waals surface area contributed by atoms with E-state index in [1.807, 2.05) is 11.4 Å². The van der Waals surface area contributed by atoms with Crippen molar-refractivity contribution in [1.29, 1.82) is 0 Å². The van der Waals surface area contributed by atoms with Crippen LogP contribution in [0.15, 0.2) is 46.6 Å². The molecule has 3 nitrogen and oxygen atoms in total. The third-order valence-corrected chi connectivity index (χ3v) is 4.12. The lowest BCUT2D eigenvalue weighted by atomic mass is 10.0. The average molecular weight is 282 g/mol. The molecule has 0 saturated heterocycles. The van der Waals surface area contributed by atoms with E-state index in [1.54, 1.807) is 11.3 Å². The number of nitrogens with zero attached hydrogens (tertiary/aromatic N) is 2. The standard InChI is InChI=1S/C16H14N2OS/c1-11-5-6-13(8-12(11)2)9-14(15-4-3-7-20-15)16-17-10-18-19-16/h3-10H,1-2H3/b14-9+. The number of aryl methyl sites for hydroxylation is 2. The molecule has 0 spiro atoms. The summed E-state index contributed by atoms with van der Waals surface area (Å²) in [6, 6.07) is 10.5. The summed E-state index contributed by atoms with van der Waals surface area (Å²) in [7, 11) is 0. The van der Waals surface area contributed by atoms with Gasteiger partial charge in [-0.2, -0.15) is 4.98 Å². The van der Waals surface area contributed by atoms with Gasteiger partial charge >= 0.3 is 0 Å². The van der Waals surface area contributed by atoms with E-state index in [0.29, 0.717) is 5.89 Å². The second kappa shape index (κ2) is 5.43. The summed E-state index contributed by atoms with van der Waals surface area (Å²) >= 11 is 1.66. The van der Waals surface area contributed by atoms with Gasteiger partial charge in [-0.3, -0.25) is 0 Å². The van der Waals surface area contributed by atoms with Gasteiger partial charge in [-0.15, -0.1) is 11.3 Å². The molecule has 0 amide bonds. The fourth-order valence-corrected chi connectivity index (χ4v) is 2.72. The molecule has 4 heteroatoms. The lowest BCUT2D eigenvalue weighted by molar-refractivity contribution is 0.407. The van der Waals surface area contributed by atoms with Gasteiger partial charge in [-0.25, -0.2) is 0 Å². The number of aromatic nitrogens is 2. The molecular formula is C16H14N2OS. The molecule has 0 N–H and O–H groups in total. The summed E-state index contributed by atoms with van der Waals surface area (Å²) in [5.41, 5.74) is 4.66. The number of hydrogen-bond acceptors (Lipinski definition) is 4. The molecule has 3 aromatic rings. The Balaban J connectivity index is 2.09. The molecule has 0 aliphatic rings. The highest BCUT2D eigenvalue weighted by Crippen LogP contribution is 2.28. The first-order valence-electron chi connectivity index (χ1n) is 6.34. The molecule has 100 valence electrons. The quantitative estimate of drug-likeness (QED) is 0.717. The molecule has 0 radical (unpaired) electrons. The van der Waals surface area contributed by atoms with Crippen LogP contribution in [0.3, 0.4) is 0 Å². The minimum Gasteiger partial charge on any atom is -0.334 e. The summed E-state index contributed by atoms with van der Waals surface area (Å²) in [5, 5.41) is 5.75. The van der Waals surface area contributed by atoms with Crippen molar-refractivity contribution in [3.63, 3.8) is 0 Å². The molecular weight excluding hydrogens is 268 g/mol. The van der Waals surface area contributed by atoms with Gasteiger partial charge in [0.1, 0.15) is 0 Å². The molecule has 0 aliphatic carbocycles. The predicted octanol–water partition coefficient (Wildman–Crippen LogP) is 4.34. The van der Waals surface area contributed by atoms with E-state index in [0.717, 1.165) is 16.0 Å². The highest BCUT2D eigenvalue weighted by Gasteiger charge is 2.12. The van der Waals surface area contributed by atoms with Gasteiger partial charge in [-0.05, 0) is 48.1 Å². The lowest BCUT2D eigenvalue weighted by Crippen LogP contribution is -1.87. The van der Waals surface area contributed by atoms with Gasteiger partial charge in [0, 0.05) is 4.88 Å². The minimum atomic E-state index is 0.547. The van der Waals surface area contributed by atoms with E-state index < -0.39 is 0 Å². The van der Waals surface area contributed by atoms with Gasteiger partial charge in [0.05, 0.1) is 5.57 Å². The Hall–Kier alpha value is -2.20. The minimum absolute atomic E-state index is 0.547. The summed E-state index contributed by atoms with van der Waals surface area (Å²) in [6.45, 7) is 4.23. The van der Waals surface area contributed by atoms with Crippen molar-refractivity contribution < 1.29 is 4.52 Å². The van der Waals surface area contributed by atoms with Crippen LogP contribution in [0.1, 0.15) is 27.5 Å². The van der Waals surface area contributed by atoms with E-state index in [2.05, 4.69) is 54.3 Å². The summed E-state index contributed by atoms with van der Waals surface area (Å²) in [5.74, 6) is 0.547. The zero-order valence-electron chi connectivity index (χ0n) is 11.3. The molecule has 2 heterocycles. The predicted molar refractivity (Wildman–Crippen MR) is 81.5 cm³/mol. The molecule has 0 fully saturated rings. The van der Waals surface area contributed by atoms with Crippen molar-refractivity contribution >= 4 is 23.0 Å². The van der Waals surface area contributed by atoms with E-state index in [-0.39, 0.29) is 0 Å². The van der Waals surface area contributed by atoms with Crippen molar-refractivity contribution in [3.8, 4) is 0 Å². The number of benzene rings is 1. The van der Waals surface area contributed by atoms with Crippen LogP contribution in [0.2, 0.25) is 0 Å². The van der Waals surface area contributed by atoms with Gasteiger partial charge in [0.15, 0.2) is 6.33 Å². The topological polar surface area (TPSA) is 38.9 Å². The van der Waals surface area contributed by atoms with Crippen molar-refractivity contribution in [3.05, 3.63) is 69.5 Å². The Morgan fingerprint density at radius 2 is 2.10 bits per heavy atom. The molecule has 2 aromatic heterocycles. The number of thiophene rings is 1. The van der Waals surface area contributed by atoms with Crippen LogP contribution in [-0.4, -0.2) is 10.1 Å². The smallest absolute Gasteiger partial charge is 0.259 e. The average Bonchev–Trinajstić information content (AvgIpc) is 3.12. The number of rotatable bonds is 3. The van der Waals surface area contributed by atoms with Crippen molar-refractivity contribution in [1.82, 2.24) is 10.1 Å². The number of hydrogen-bond donors (Lipinski definition) is 0. The maximum atomic E-state index is 5.22. The van der Waals surface area contributed by atoms with Gasteiger partial charge < -0.3 is 4.52 Å². The first kappa shape index (κ1) is 12.8. The van der Waals surface area contributed by atoms with Crippen LogP contribution in [0, 0.1) is 13.8 Å². The third-order valence-electron chi connectivity index (χ3n) is 3.22. The molecule has 0 unspecified atom stereocenters. The SMILES string of the molecule is Cc1ccc(/C=C(/c2ncno2)c2cccs2)cc1C. The highest BCUT2D eigenvalue weighted by atomic mass is 32.1. The maximum Gasteiger partial charge on any atom is 0.259 e. The maximum absolute atomic E-state index is 5.22. The van der Waals surface area contributed by atoms with Crippen LogP contribution >= 0.6 is 11.3 Å². The van der Waals surface area contributed by atoms with E-state index in [1.165, 1.54) is 17.5 Å². The highest BCUT2D eigenvalue weighted by molar-refractivity contribution is 7.11. The lowest BCUT2D eigenvalue weighted by Gasteiger charge is -2.03. The van der Waals surface area contributed by atoms with Gasteiger partial charge in [-0.1, -0.05) is 29.4 Å². The van der Waals surface area contributed by atoms with E-state index in [9.17, 15) is 0 Å². The summed E-state index contributed by atoms with van der Waals surface area (Å²) < 4.78 is 5.22. The first-order valence-corrected chi connectivity index (χ1v) is 7.22. The van der Waals surface area contributed by atoms with Crippen molar-refractivity contribution in [2.45, 2.75) is 13.8 Å². The molecule has 0 bridgehead atoms. The Morgan fingerprint density at radius 1 is 1.20 bits per heavy atom. The summed E-state index contributed by atoms with van der Waals surface area (Å²) in [4.78, 5) is 5.29.